The zero-order chi connectivity index (χ0) is 13.2. The molecule has 2 heterocycles. The Hall–Kier alpha value is -1.69. The number of nitrogens with one attached hydrogen (secondary N) is 1. The predicted molar refractivity (Wildman–Crippen MR) is 74.4 cm³/mol. The lowest BCUT2D eigenvalue weighted by molar-refractivity contribution is 0.863. The standard InChI is InChI=1S/C13H15N5S/c1-8-11(14-2)17-12(9-3-4-9)18-13(8)19-10-5-6-15-7-16-10/h5-7,9H,3-4H2,1-2H3,(H,14,17,18). The van der Waals surface area contributed by atoms with Crippen LogP contribution in [-0.4, -0.2) is 27.0 Å². The van der Waals surface area contributed by atoms with Crippen LogP contribution in [0.3, 0.4) is 0 Å². The summed E-state index contributed by atoms with van der Waals surface area (Å²) in [5, 5.41) is 5.02. The van der Waals surface area contributed by atoms with Crippen molar-refractivity contribution in [3.8, 4) is 0 Å². The van der Waals surface area contributed by atoms with Gasteiger partial charge < -0.3 is 5.32 Å². The zero-order valence-electron chi connectivity index (χ0n) is 10.9. The van der Waals surface area contributed by atoms with E-state index in [4.69, 9.17) is 0 Å². The monoisotopic (exact) mass is 273 g/mol. The summed E-state index contributed by atoms with van der Waals surface area (Å²) in [5.74, 6) is 2.40. The van der Waals surface area contributed by atoms with E-state index in [-0.39, 0.29) is 0 Å². The van der Waals surface area contributed by atoms with Crippen LogP contribution in [-0.2, 0) is 0 Å². The van der Waals surface area contributed by atoms with Crippen molar-refractivity contribution in [2.75, 3.05) is 12.4 Å². The SMILES string of the molecule is CNc1nc(C2CC2)nc(Sc2ccncn2)c1C. The van der Waals surface area contributed by atoms with Crippen molar-refractivity contribution in [2.24, 2.45) is 0 Å². The molecule has 2 aromatic rings. The van der Waals surface area contributed by atoms with E-state index in [9.17, 15) is 0 Å². The van der Waals surface area contributed by atoms with Gasteiger partial charge in [-0.15, -0.1) is 0 Å². The molecule has 0 spiro atoms. The lowest BCUT2D eigenvalue weighted by atomic mass is 10.3. The lowest BCUT2D eigenvalue weighted by Gasteiger charge is -2.11. The Morgan fingerprint density at radius 2 is 2.16 bits per heavy atom. The maximum absolute atomic E-state index is 4.69. The molecule has 2 aromatic heterocycles. The van der Waals surface area contributed by atoms with E-state index in [0.717, 1.165) is 27.3 Å². The number of nitrogens with zero attached hydrogens (tertiary/aromatic N) is 4. The Morgan fingerprint density at radius 3 is 2.79 bits per heavy atom. The van der Waals surface area contributed by atoms with Crippen LogP contribution in [0.2, 0.25) is 0 Å². The van der Waals surface area contributed by atoms with Crippen LogP contribution in [0, 0.1) is 6.92 Å². The third kappa shape index (κ3) is 2.68. The summed E-state index contributed by atoms with van der Waals surface area (Å²) in [6.45, 7) is 2.03. The molecule has 1 aliphatic rings. The predicted octanol–water partition coefficient (Wildman–Crippen LogP) is 2.65. The van der Waals surface area contributed by atoms with Crippen molar-refractivity contribution in [3.05, 3.63) is 30.0 Å². The van der Waals surface area contributed by atoms with Crippen LogP contribution >= 0.6 is 11.8 Å². The van der Waals surface area contributed by atoms with Crippen LogP contribution in [0.15, 0.2) is 28.6 Å². The van der Waals surface area contributed by atoms with Gasteiger partial charge in [0.15, 0.2) is 0 Å². The highest BCUT2D eigenvalue weighted by molar-refractivity contribution is 7.99. The number of rotatable bonds is 4. The van der Waals surface area contributed by atoms with Crippen LogP contribution in [0.4, 0.5) is 5.82 Å². The Kier molecular flexibility index (Phi) is 3.33. The normalized spacial score (nSPS) is 14.4. The quantitative estimate of drug-likeness (QED) is 0.864. The minimum absolute atomic E-state index is 0.539. The second-order valence-corrected chi connectivity index (χ2v) is 5.54. The van der Waals surface area contributed by atoms with E-state index in [1.54, 1.807) is 24.3 Å². The number of anilines is 1. The first-order valence-corrected chi connectivity index (χ1v) is 7.09. The molecule has 1 saturated carbocycles. The van der Waals surface area contributed by atoms with E-state index in [1.807, 2.05) is 20.0 Å². The van der Waals surface area contributed by atoms with E-state index < -0.39 is 0 Å². The highest BCUT2D eigenvalue weighted by Gasteiger charge is 2.28. The fourth-order valence-corrected chi connectivity index (χ4v) is 2.63. The summed E-state index contributed by atoms with van der Waals surface area (Å²) in [7, 11) is 1.89. The Bertz CT molecular complexity index is 583. The zero-order valence-corrected chi connectivity index (χ0v) is 11.7. The van der Waals surface area contributed by atoms with Gasteiger partial charge in [-0.2, -0.15) is 0 Å². The fraction of sp³-hybridized carbons (Fsp3) is 0.385. The molecule has 6 heteroatoms. The van der Waals surface area contributed by atoms with Gasteiger partial charge in [-0.25, -0.2) is 19.9 Å². The lowest BCUT2D eigenvalue weighted by Crippen LogP contribution is -2.04. The molecule has 0 radical (unpaired) electrons. The van der Waals surface area contributed by atoms with Gasteiger partial charge in [0.2, 0.25) is 0 Å². The maximum Gasteiger partial charge on any atom is 0.135 e. The summed E-state index contributed by atoms with van der Waals surface area (Å²) in [6.07, 6.45) is 5.69. The molecule has 1 aliphatic carbocycles. The highest BCUT2D eigenvalue weighted by Crippen LogP contribution is 2.40. The summed E-state index contributed by atoms with van der Waals surface area (Å²) in [4.78, 5) is 17.4. The third-order valence-electron chi connectivity index (χ3n) is 3.05. The average Bonchev–Trinajstić information content (AvgIpc) is 3.27. The van der Waals surface area contributed by atoms with Crippen LogP contribution in [0.5, 0.6) is 0 Å². The topological polar surface area (TPSA) is 63.6 Å². The van der Waals surface area contributed by atoms with Gasteiger partial charge in [-0.1, -0.05) is 0 Å². The van der Waals surface area contributed by atoms with Crippen LogP contribution in [0.1, 0.15) is 30.1 Å². The molecule has 0 atom stereocenters. The van der Waals surface area contributed by atoms with Crippen LogP contribution in [0.25, 0.3) is 0 Å². The summed E-state index contributed by atoms with van der Waals surface area (Å²) in [6, 6.07) is 1.89. The Balaban J connectivity index is 1.97. The van der Waals surface area contributed by atoms with Crippen molar-refractivity contribution in [2.45, 2.75) is 35.7 Å². The molecule has 3 rings (SSSR count). The molecule has 5 nitrogen and oxygen atoms in total. The first-order chi connectivity index (χ1) is 9.28. The molecule has 0 unspecified atom stereocenters. The molecule has 0 saturated heterocycles. The molecule has 0 aliphatic heterocycles. The van der Waals surface area contributed by atoms with E-state index in [2.05, 4.69) is 25.3 Å². The Morgan fingerprint density at radius 1 is 1.32 bits per heavy atom. The van der Waals surface area contributed by atoms with E-state index in [0.29, 0.717) is 5.92 Å². The molecule has 0 bridgehead atoms. The second kappa shape index (κ2) is 5.13. The summed E-state index contributed by atoms with van der Waals surface area (Å²) in [5.41, 5.74) is 1.07. The maximum atomic E-state index is 4.69. The van der Waals surface area contributed by atoms with Crippen molar-refractivity contribution in [1.82, 2.24) is 19.9 Å². The van der Waals surface area contributed by atoms with Crippen molar-refractivity contribution in [1.29, 1.82) is 0 Å². The van der Waals surface area contributed by atoms with Crippen LogP contribution < -0.4 is 5.32 Å². The average molecular weight is 273 g/mol. The fourth-order valence-electron chi connectivity index (χ4n) is 1.82. The minimum atomic E-state index is 0.539. The van der Waals surface area contributed by atoms with Gasteiger partial charge in [0.25, 0.3) is 0 Å². The van der Waals surface area contributed by atoms with Crippen molar-refractivity contribution < 1.29 is 0 Å². The van der Waals surface area contributed by atoms with Gasteiger partial charge >= 0.3 is 0 Å². The molecule has 19 heavy (non-hydrogen) atoms. The number of hydrogen-bond donors (Lipinski definition) is 1. The van der Waals surface area contributed by atoms with Gasteiger partial charge in [-0.05, 0) is 37.6 Å². The molecule has 0 aromatic carbocycles. The van der Waals surface area contributed by atoms with E-state index in [1.165, 1.54) is 12.8 Å². The van der Waals surface area contributed by atoms with Gasteiger partial charge in [-0.3, -0.25) is 0 Å². The van der Waals surface area contributed by atoms with Crippen molar-refractivity contribution in [3.63, 3.8) is 0 Å². The van der Waals surface area contributed by atoms with Gasteiger partial charge in [0.05, 0.1) is 0 Å². The number of hydrogen-bond acceptors (Lipinski definition) is 6. The van der Waals surface area contributed by atoms with Gasteiger partial charge in [0.1, 0.15) is 28.0 Å². The largest absolute Gasteiger partial charge is 0.373 e. The molecular weight excluding hydrogens is 258 g/mol. The first kappa shape index (κ1) is 12.3. The molecule has 1 N–H and O–H groups in total. The smallest absolute Gasteiger partial charge is 0.135 e. The highest BCUT2D eigenvalue weighted by atomic mass is 32.2. The van der Waals surface area contributed by atoms with E-state index >= 15 is 0 Å². The third-order valence-corrected chi connectivity index (χ3v) is 4.10. The molecule has 0 amide bonds. The summed E-state index contributed by atoms with van der Waals surface area (Å²) >= 11 is 1.56. The molecule has 1 fully saturated rings. The Labute approximate surface area is 116 Å². The second-order valence-electron chi connectivity index (χ2n) is 4.53. The molecule has 98 valence electrons. The minimum Gasteiger partial charge on any atom is -0.373 e. The van der Waals surface area contributed by atoms with Gasteiger partial charge in [0, 0.05) is 24.7 Å². The van der Waals surface area contributed by atoms with Crippen molar-refractivity contribution >= 4 is 17.6 Å². The number of aromatic nitrogens is 4. The molecular formula is C13H15N5S. The first-order valence-electron chi connectivity index (χ1n) is 6.28. The summed E-state index contributed by atoms with van der Waals surface area (Å²) < 4.78 is 0.